The second-order valence-corrected chi connectivity index (χ2v) is 6.74. The largest absolute Gasteiger partial charge is 0.480 e. The Kier molecular flexibility index (Phi) is 4.80. The highest BCUT2D eigenvalue weighted by Gasteiger charge is 2.39. The minimum atomic E-state index is -4.53. The predicted molar refractivity (Wildman–Crippen MR) is 70.3 cm³/mol. The number of rotatable bonds is 5. The fourth-order valence-electron chi connectivity index (χ4n) is 2.17. The lowest BCUT2D eigenvalue weighted by Crippen LogP contribution is -2.40. The van der Waals surface area contributed by atoms with Crippen LogP contribution in [0, 0.1) is 0 Å². The highest BCUT2D eigenvalue weighted by Crippen LogP contribution is 2.26. The molecule has 23 heavy (non-hydrogen) atoms. The van der Waals surface area contributed by atoms with Crippen molar-refractivity contribution in [1.82, 2.24) is 9.29 Å². The quantitative estimate of drug-likeness (QED) is 0.855. The number of aromatic nitrogens is 1. The fourth-order valence-corrected chi connectivity index (χ4v) is 3.77. The third-order valence-corrected chi connectivity index (χ3v) is 5.08. The van der Waals surface area contributed by atoms with Crippen LogP contribution in [0.1, 0.15) is 12.8 Å². The van der Waals surface area contributed by atoms with Gasteiger partial charge in [-0.3, -0.25) is 4.79 Å². The third kappa shape index (κ3) is 4.10. The monoisotopic (exact) mass is 354 g/mol. The van der Waals surface area contributed by atoms with Crippen molar-refractivity contribution in [3.05, 3.63) is 18.3 Å². The van der Waals surface area contributed by atoms with Crippen LogP contribution in [-0.4, -0.2) is 54.2 Å². The first kappa shape index (κ1) is 17.5. The molecule has 1 aromatic heterocycles. The summed E-state index contributed by atoms with van der Waals surface area (Å²) in [6.45, 7) is -1.48. The number of nitrogens with zero attached hydrogens (tertiary/aromatic N) is 2. The Bertz CT molecular complexity index is 675. The molecule has 11 heteroatoms. The number of hydrogen-bond acceptors (Lipinski definition) is 5. The van der Waals surface area contributed by atoms with Crippen LogP contribution in [0.4, 0.5) is 13.2 Å². The molecule has 1 aliphatic heterocycles. The van der Waals surface area contributed by atoms with E-state index in [1.165, 1.54) is 0 Å². The summed E-state index contributed by atoms with van der Waals surface area (Å²) in [6, 6.07) is 0.872. The lowest BCUT2D eigenvalue weighted by atomic mass is 10.2. The second kappa shape index (κ2) is 6.32. The summed E-state index contributed by atoms with van der Waals surface area (Å²) < 4.78 is 66.1. The van der Waals surface area contributed by atoms with E-state index in [-0.39, 0.29) is 23.7 Å². The van der Waals surface area contributed by atoms with Crippen molar-refractivity contribution >= 4 is 16.0 Å². The molecule has 0 amide bonds. The Morgan fingerprint density at radius 3 is 2.65 bits per heavy atom. The van der Waals surface area contributed by atoms with E-state index in [0.717, 1.165) is 22.6 Å². The molecule has 0 spiro atoms. The summed E-state index contributed by atoms with van der Waals surface area (Å²) in [5, 5.41) is 9.04. The topological polar surface area (TPSA) is 96.8 Å². The zero-order valence-electron chi connectivity index (χ0n) is 11.7. The molecule has 2 heterocycles. The van der Waals surface area contributed by atoms with E-state index in [4.69, 9.17) is 5.11 Å². The average Bonchev–Trinajstić information content (AvgIpc) is 2.95. The number of alkyl halides is 3. The predicted octanol–water partition coefficient (Wildman–Crippen LogP) is 1.26. The van der Waals surface area contributed by atoms with Crippen molar-refractivity contribution in [3.63, 3.8) is 0 Å². The van der Waals surface area contributed by atoms with Gasteiger partial charge in [-0.2, -0.15) is 17.5 Å². The van der Waals surface area contributed by atoms with Gasteiger partial charge in [0.15, 0.2) is 6.61 Å². The van der Waals surface area contributed by atoms with Gasteiger partial charge in [0, 0.05) is 12.6 Å². The van der Waals surface area contributed by atoms with Crippen LogP contribution < -0.4 is 4.74 Å². The number of carboxylic acid groups (broad SMARTS) is 1. The lowest BCUT2D eigenvalue weighted by Gasteiger charge is -2.20. The summed E-state index contributed by atoms with van der Waals surface area (Å²) in [5.41, 5.74) is 0. The minimum Gasteiger partial charge on any atom is -0.480 e. The van der Waals surface area contributed by atoms with Crippen LogP contribution in [-0.2, 0) is 14.8 Å². The van der Waals surface area contributed by atoms with E-state index in [9.17, 15) is 26.4 Å². The summed E-state index contributed by atoms with van der Waals surface area (Å²) >= 11 is 0. The number of carboxylic acids is 1. The maximum Gasteiger partial charge on any atom is 0.422 e. The first-order chi connectivity index (χ1) is 10.6. The molecule has 0 radical (unpaired) electrons. The Morgan fingerprint density at radius 1 is 1.43 bits per heavy atom. The van der Waals surface area contributed by atoms with Crippen LogP contribution in [0.25, 0.3) is 0 Å². The van der Waals surface area contributed by atoms with Gasteiger partial charge in [-0.15, -0.1) is 0 Å². The molecule has 1 aromatic rings. The molecule has 1 fully saturated rings. The van der Waals surface area contributed by atoms with Crippen LogP contribution in [0.3, 0.4) is 0 Å². The summed E-state index contributed by atoms with van der Waals surface area (Å²) in [6.07, 6.45) is -3.07. The number of ether oxygens (including phenoxy) is 1. The fraction of sp³-hybridized carbons (Fsp3) is 0.500. The number of halogens is 3. The second-order valence-electron chi connectivity index (χ2n) is 4.85. The Balaban J connectivity index is 2.16. The van der Waals surface area contributed by atoms with Crippen molar-refractivity contribution < 1.29 is 36.2 Å². The Hall–Kier alpha value is -1.88. The van der Waals surface area contributed by atoms with E-state index in [1.54, 1.807) is 0 Å². The molecule has 128 valence electrons. The number of pyridine rings is 1. The van der Waals surface area contributed by atoms with E-state index >= 15 is 0 Å². The summed E-state index contributed by atoms with van der Waals surface area (Å²) in [7, 11) is -4.08. The van der Waals surface area contributed by atoms with Gasteiger partial charge in [-0.1, -0.05) is 0 Å². The van der Waals surface area contributed by atoms with E-state index in [2.05, 4.69) is 9.72 Å². The maximum absolute atomic E-state index is 12.4. The van der Waals surface area contributed by atoms with Crippen molar-refractivity contribution in [2.24, 2.45) is 0 Å². The van der Waals surface area contributed by atoms with Crippen LogP contribution >= 0.6 is 0 Å². The molecule has 1 saturated heterocycles. The number of hydrogen-bond donors (Lipinski definition) is 1. The van der Waals surface area contributed by atoms with Gasteiger partial charge in [0.25, 0.3) is 0 Å². The first-order valence-corrected chi connectivity index (χ1v) is 7.95. The highest BCUT2D eigenvalue weighted by atomic mass is 32.2. The Morgan fingerprint density at radius 2 is 2.13 bits per heavy atom. The highest BCUT2D eigenvalue weighted by molar-refractivity contribution is 7.89. The van der Waals surface area contributed by atoms with Gasteiger partial charge in [-0.25, -0.2) is 13.4 Å². The number of aliphatic carboxylic acids is 1. The summed E-state index contributed by atoms with van der Waals surface area (Å²) in [5.74, 6) is -1.62. The van der Waals surface area contributed by atoms with Gasteiger partial charge in [0.1, 0.15) is 10.9 Å². The first-order valence-electron chi connectivity index (χ1n) is 6.51. The van der Waals surface area contributed by atoms with E-state index < -0.39 is 34.8 Å². The molecule has 0 saturated carbocycles. The standard InChI is InChI=1S/C12H13F3N2O5S/c13-12(14,15)7-22-10-4-3-8(6-16-10)23(20,21)17-5-1-2-9(17)11(18)19/h3-4,6,9H,1-2,5,7H2,(H,18,19). The molecular weight excluding hydrogens is 341 g/mol. The van der Waals surface area contributed by atoms with Crippen LogP contribution in [0.15, 0.2) is 23.2 Å². The zero-order valence-corrected chi connectivity index (χ0v) is 12.5. The number of sulfonamides is 1. The smallest absolute Gasteiger partial charge is 0.422 e. The van der Waals surface area contributed by atoms with Crippen molar-refractivity contribution in [3.8, 4) is 5.88 Å². The molecule has 1 aliphatic rings. The van der Waals surface area contributed by atoms with Crippen LogP contribution in [0.5, 0.6) is 5.88 Å². The van der Waals surface area contributed by atoms with Crippen LogP contribution in [0.2, 0.25) is 0 Å². The van der Waals surface area contributed by atoms with Gasteiger partial charge in [0.05, 0.1) is 6.20 Å². The van der Waals surface area contributed by atoms with Crippen molar-refractivity contribution in [1.29, 1.82) is 0 Å². The van der Waals surface area contributed by atoms with E-state index in [0.29, 0.717) is 6.42 Å². The van der Waals surface area contributed by atoms with Crippen molar-refractivity contribution in [2.75, 3.05) is 13.2 Å². The van der Waals surface area contributed by atoms with Gasteiger partial charge < -0.3 is 9.84 Å². The van der Waals surface area contributed by atoms with E-state index in [1.807, 2.05) is 0 Å². The molecule has 0 aromatic carbocycles. The lowest BCUT2D eigenvalue weighted by molar-refractivity contribution is -0.154. The molecule has 1 N–H and O–H groups in total. The summed E-state index contributed by atoms with van der Waals surface area (Å²) in [4.78, 5) is 14.3. The third-order valence-electron chi connectivity index (χ3n) is 3.19. The zero-order chi connectivity index (χ0) is 17.3. The average molecular weight is 354 g/mol. The van der Waals surface area contributed by atoms with Gasteiger partial charge in [-0.05, 0) is 18.9 Å². The SMILES string of the molecule is O=C(O)C1CCCN1S(=O)(=O)c1ccc(OCC(F)(F)F)nc1. The molecular formula is C12H13F3N2O5S. The minimum absolute atomic E-state index is 0.0611. The maximum atomic E-state index is 12.4. The normalized spacial score (nSPS) is 19.7. The molecule has 1 unspecified atom stereocenters. The molecule has 1 atom stereocenters. The molecule has 2 rings (SSSR count). The van der Waals surface area contributed by atoms with Crippen molar-refractivity contribution in [2.45, 2.75) is 30.0 Å². The van der Waals surface area contributed by atoms with Gasteiger partial charge in [0.2, 0.25) is 15.9 Å². The molecule has 0 aliphatic carbocycles. The van der Waals surface area contributed by atoms with Gasteiger partial charge >= 0.3 is 12.1 Å². The number of carbonyl (C=O) groups is 1. The molecule has 7 nitrogen and oxygen atoms in total. The molecule has 0 bridgehead atoms. The Labute approximate surface area is 129 Å².